The van der Waals surface area contributed by atoms with Gasteiger partial charge in [-0.15, -0.1) is 0 Å². The number of hydrogen-bond acceptors (Lipinski definition) is 3. The minimum atomic E-state index is -0.113. The van der Waals surface area contributed by atoms with E-state index in [4.69, 9.17) is 0 Å². The van der Waals surface area contributed by atoms with Gasteiger partial charge in [-0.3, -0.25) is 4.79 Å². The monoisotopic (exact) mass is 424 g/mol. The number of benzene rings is 2. The van der Waals surface area contributed by atoms with Crippen LogP contribution in [0.3, 0.4) is 0 Å². The minimum absolute atomic E-state index is 0.0130. The molecule has 31 heavy (non-hydrogen) atoms. The first-order chi connectivity index (χ1) is 14.6. The summed E-state index contributed by atoms with van der Waals surface area (Å²) in [4.78, 5) is 29.0. The first kappa shape index (κ1) is 24.3. The second kappa shape index (κ2) is 10.8. The predicted octanol–water partition coefficient (Wildman–Crippen LogP) is 4.86. The van der Waals surface area contributed by atoms with Crippen LogP contribution in [0.1, 0.15) is 45.2 Å². The van der Waals surface area contributed by atoms with Gasteiger partial charge in [0.05, 0.1) is 0 Å². The SMILES string of the molecule is CCNC(=O)N(Cc1ccccc1)Cc1cc(NC(=O)CC(C)(C)C)ccc1N(C)C. The van der Waals surface area contributed by atoms with Crippen molar-refractivity contribution < 1.29 is 9.59 Å². The largest absolute Gasteiger partial charge is 0.377 e. The molecule has 2 aromatic carbocycles. The standard InChI is InChI=1S/C25H36N4O2/c1-7-26-24(31)29(17-19-11-9-8-10-12-19)18-20-15-21(13-14-22(20)28(5)6)27-23(30)16-25(2,3)4/h8-15H,7,16-18H2,1-6H3,(H,26,31)(H,27,30). The zero-order chi connectivity index (χ0) is 23.0. The van der Waals surface area contributed by atoms with Gasteiger partial charge in [0.15, 0.2) is 0 Å². The van der Waals surface area contributed by atoms with E-state index in [2.05, 4.69) is 10.6 Å². The molecule has 2 N–H and O–H groups in total. The van der Waals surface area contributed by atoms with E-state index in [1.165, 1.54) is 0 Å². The maximum Gasteiger partial charge on any atom is 0.317 e. The van der Waals surface area contributed by atoms with Crippen molar-refractivity contribution >= 4 is 23.3 Å². The lowest BCUT2D eigenvalue weighted by molar-refractivity contribution is -0.117. The molecule has 0 bridgehead atoms. The van der Waals surface area contributed by atoms with Crippen molar-refractivity contribution in [3.63, 3.8) is 0 Å². The molecule has 0 fully saturated rings. The number of rotatable bonds is 8. The molecule has 0 aromatic heterocycles. The highest BCUT2D eigenvalue weighted by Crippen LogP contribution is 2.26. The van der Waals surface area contributed by atoms with Gasteiger partial charge in [0.1, 0.15) is 0 Å². The van der Waals surface area contributed by atoms with Crippen LogP contribution in [0.2, 0.25) is 0 Å². The fraction of sp³-hybridized carbons (Fsp3) is 0.440. The Kier molecular flexibility index (Phi) is 8.48. The van der Waals surface area contributed by atoms with Crippen LogP contribution in [-0.2, 0) is 17.9 Å². The van der Waals surface area contributed by atoms with E-state index in [1.807, 2.05) is 95.2 Å². The van der Waals surface area contributed by atoms with Gasteiger partial charge in [-0.1, -0.05) is 51.1 Å². The highest BCUT2D eigenvalue weighted by atomic mass is 16.2. The van der Waals surface area contributed by atoms with Crippen LogP contribution in [0.25, 0.3) is 0 Å². The Morgan fingerprint density at radius 3 is 2.23 bits per heavy atom. The maximum atomic E-state index is 12.8. The Bertz CT molecular complexity index is 873. The fourth-order valence-electron chi connectivity index (χ4n) is 3.39. The number of hydrogen-bond donors (Lipinski definition) is 2. The summed E-state index contributed by atoms with van der Waals surface area (Å²) in [5.74, 6) is -0.0130. The molecule has 3 amide bonds. The third-order valence-corrected chi connectivity index (χ3v) is 4.73. The van der Waals surface area contributed by atoms with Gasteiger partial charge in [-0.2, -0.15) is 0 Å². The summed E-state index contributed by atoms with van der Waals surface area (Å²) in [6, 6.07) is 15.7. The third-order valence-electron chi connectivity index (χ3n) is 4.73. The molecule has 0 spiro atoms. The molecule has 6 nitrogen and oxygen atoms in total. The number of carbonyl (C=O) groups excluding carboxylic acids is 2. The number of anilines is 2. The molecule has 0 unspecified atom stereocenters. The Labute approximate surface area is 186 Å². The average Bonchev–Trinajstić information content (AvgIpc) is 2.67. The Balaban J connectivity index is 2.30. The zero-order valence-corrected chi connectivity index (χ0v) is 19.7. The van der Waals surface area contributed by atoms with Crippen molar-refractivity contribution in [3.05, 3.63) is 59.7 Å². The van der Waals surface area contributed by atoms with Crippen molar-refractivity contribution in [3.8, 4) is 0 Å². The Morgan fingerprint density at radius 1 is 0.968 bits per heavy atom. The molecular formula is C25H36N4O2. The lowest BCUT2D eigenvalue weighted by Crippen LogP contribution is -2.39. The second-order valence-corrected chi connectivity index (χ2v) is 9.20. The van der Waals surface area contributed by atoms with Crippen molar-refractivity contribution in [1.82, 2.24) is 10.2 Å². The van der Waals surface area contributed by atoms with Crippen LogP contribution in [-0.4, -0.2) is 37.5 Å². The third kappa shape index (κ3) is 7.96. The van der Waals surface area contributed by atoms with E-state index in [9.17, 15) is 9.59 Å². The molecule has 6 heteroatoms. The summed E-state index contributed by atoms with van der Waals surface area (Å²) in [5.41, 5.74) is 3.71. The minimum Gasteiger partial charge on any atom is -0.377 e. The van der Waals surface area contributed by atoms with Crippen molar-refractivity contribution in [2.75, 3.05) is 30.9 Å². The van der Waals surface area contributed by atoms with E-state index >= 15 is 0 Å². The van der Waals surface area contributed by atoms with Crippen molar-refractivity contribution in [2.24, 2.45) is 5.41 Å². The maximum absolute atomic E-state index is 12.8. The molecule has 0 saturated carbocycles. The lowest BCUT2D eigenvalue weighted by atomic mass is 9.92. The summed E-state index contributed by atoms with van der Waals surface area (Å²) in [7, 11) is 3.95. The molecule has 0 aliphatic rings. The number of nitrogens with zero attached hydrogens (tertiary/aromatic N) is 2. The summed E-state index contributed by atoms with van der Waals surface area (Å²) in [5, 5.41) is 5.92. The summed E-state index contributed by atoms with van der Waals surface area (Å²) >= 11 is 0. The number of nitrogens with one attached hydrogen (secondary N) is 2. The van der Waals surface area contributed by atoms with Gasteiger partial charge >= 0.3 is 6.03 Å². The molecule has 0 aliphatic carbocycles. The molecular weight excluding hydrogens is 388 g/mol. The van der Waals surface area contributed by atoms with Gasteiger partial charge in [-0.25, -0.2) is 4.79 Å². The average molecular weight is 425 g/mol. The highest BCUT2D eigenvalue weighted by molar-refractivity contribution is 5.91. The fourth-order valence-corrected chi connectivity index (χ4v) is 3.39. The molecule has 2 rings (SSSR count). The first-order valence-electron chi connectivity index (χ1n) is 10.8. The molecule has 168 valence electrons. The topological polar surface area (TPSA) is 64.7 Å². The van der Waals surface area contributed by atoms with Crippen LogP contribution >= 0.6 is 0 Å². The second-order valence-electron chi connectivity index (χ2n) is 9.20. The van der Waals surface area contributed by atoms with Crippen LogP contribution in [0.5, 0.6) is 0 Å². The summed E-state index contributed by atoms with van der Waals surface area (Å²) in [6.45, 7) is 9.53. The van der Waals surface area contributed by atoms with E-state index < -0.39 is 0 Å². The predicted molar refractivity (Wildman–Crippen MR) is 128 cm³/mol. The van der Waals surface area contributed by atoms with E-state index in [0.717, 1.165) is 22.5 Å². The number of urea groups is 1. The lowest BCUT2D eigenvalue weighted by Gasteiger charge is -2.26. The van der Waals surface area contributed by atoms with E-state index in [1.54, 1.807) is 4.90 Å². The quantitative estimate of drug-likeness (QED) is 0.636. The van der Waals surface area contributed by atoms with Crippen LogP contribution in [0.15, 0.2) is 48.5 Å². The number of amides is 3. The smallest absolute Gasteiger partial charge is 0.317 e. The zero-order valence-electron chi connectivity index (χ0n) is 19.7. The summed E-state index contributed by atoms with van der Waals surface area (Å²) < 4.78 is 0. The van der Waals surface area contributed by atoms with Crippen molar-refractivity contribution in [2.45, 2.75) is 47.2 Å². The normalized spacial score (nSPS) is 11.0. The van der Waals surface area contributed by atoms with Crippen LogP contribution in [0, 0.1) is 5.41 Å². The van der Waals surface area contributed by atoms with Gasteiger partial charge in [0.2, 0.25) is 5.91 Å². The molecule has 0 aliphatic heterocycles. The molecule has 0 heterocycles. The van der Waals surface area contributed by atoms with Gasteiger partial charge in [-0.05, 0) is 41.7 Å². The number of carbonyl (C=O) groups is 2. The summed E-state index contributed by atoms with van der Waals surface area (Å²) in [6.07, 6.45) is 0.441. The first-order valence-corrected chi connectivity index (χ1v) is 10.8. The van der Waals surface area contributed by atoms with Gasteiger partial charge in [0.25, 0.3) is 0 Å². The Morgan fingerprint density at radius 2 is 1.65 bits per heavy atom. The van der Waals surface area contributed by atoms with Gasteiger partial charge in [0, 0.05) is 51.5 Å². The highest BCUT2D eigenvalue weighted by Gasteiger charge is 2.19. The van der Waals surface area contributed by atoms with Crippen LogP contribution in [0.4, 0.5) is 16.2 Å². The van der Waals surface area contributed by atoms with Crippen molar-refractivity contribution in [1.29, 1.82) is 0 Å². The molecule has 2 aromatic rings. The van der Waals surface area contributed by atoms with E-state index in [0.29, 0.717) is 26.1 Å². The Hall–Kier alpha value is -3.02. The van der Waals surface area contributed by atoms with Gasteiger partial charge < -0.3 is 20.4 Å². The molecule has 0 saturated heterocycles. The van der Waals surface area contributed by atoms with E-state index in [-0.39, 0.29) is 17.4 Å². The molecule has 0 atom stereocenters. The molecule has 0 radical (unpaired) electrons. The van der Waals surface area contributed by atoms with Crippen LogP contribution < -0.4 is 15.5 Å².